The predicted octanol–water partition coefficient (Wildman–Crippen LogP) is 2.33. The summed E-state index contributed by atoms with van der Waals surface area (Å²) in [6.07, 6.45) is 0. The molecule has 0 aromatic heterocycles. The summed E-state index contributed by atoms with van der Waals surface area (Å²) < 4.78 is 13.8. The highest BCUT2D eigenvalue weighted by Gasteiger charge is 2.19. The van der Waals surface area contributed by atoms with Gasteiger partial charge in [0, 0.05) is 64.6 Å². The molecule has 1 aliphatic heterocycles. The number of nitrogens with one attached hydrogen (secondary N) is 1. The summed E-state index contributed by atoms with van der Waals surface area (Å²) >= 11 is 0. The van der Waals surface area contributed by atoms with Gasteiger partial charge in [-0.3, -0.25) is 14.6 Å². The molecule has 5 nitrogen and oxygen atoms in total. The quantitative estimate of drug-likeness (QED) is 0.795. The molecule has 0 unspecified atom stereocenters. The van der Waals surface area contributed by atoms with E-state index in [9.17, 15) is 9.18 Å². The summed E-state index contributed by atoms with van der Waals surface area (Å²) in [5.41, 5.74) is 2.96. The van der Waals surface area contributed by atoms with Gasteiger partial charge in [-0.15, -0.1) is 0 Å². The highest BCUT2D eigenvalue weighted by molar-refractivity contribution is 5.78. The van der Waals surface area contributed by atoms with Crippen LogP contribution in [0.1, 0.15) is 11.1 Å². The SMILES string of the molecule is CN(C)c1ccc(CNC(=O)CN2CCN(Cc3ccccc3F)CC2)cc1. The van der Waals surface area contributed by atoms with Crippen molar-refractivity contribution in [3.05, 3.63) is 65.5 Å². The van der Waals surface area contributed by atoms with Gasteiger partial charge in [-0.2, -0.15) is 0 Å². The van der Waals surface area contributed by atoms with Gasteiger partial charge in [-0.1, -0.05) is 30.3 Å². The Labute approximate surface area is 166 Å². The van der Waals surface area contributed by atoms with Gasteiger partial charge >= 0.3 is 0 Å². The minimum absolute atomic E-state index is 0.0410. The fourth-order valence-electron chi connectivity index (χ4n) is 3.34. The first-order chi connectivity index (χ1) is 13.5. The Hall–Kier alpha value is -2.44. The number of piperazine rings is 1. The van der Waals surface area contributed by atoms with Gasteiger partial charge in [0.1, 0.15) is 5.82 Å². The second-order valence-electron chi connectivity index (χ2n) is 7.48. The lowest BCUT2D eigenvalue weighted by Crippen LogP contribution is -2.49. The van der Waals surface area contributed by atoms with Crippen LogP contribution in [0.15, 0.2) is 48.5 Å². The van der Waals surface area contributed by atoms with Crippen LogP contribution in [0.3, 0.4) is 0 Å². The van der Waals surface area contributed by atoms with Crippen LogP contribution in [-0.4, -0.2) is 62.5 Å². The fourth-order valence-corrected chi connectivity index (χ4v) is 3.34. The Morgan fingerprint density at radius 3 is 2.29 bits per heavy atom. The molecule has 1 saturated heterocycles. The number of hydrogen-bond acceptors (Lipinski definition) is 4. The average Bonchev–Trinajstić information content (AvgIpc) is 2.70. The minimum Gasteiger partial charge on any atom is -0.378 e. The van der Waals surface area contributed by atoms with Gasteiger partial charge in [-0.25, -0.2) is 4.39 Å². The van der Waals surface area contributed by atoms with Crippen molar-refractivity contribution in [2.75, 3.05) is 51.7 Å². The Morgan fingerprint density at radius 1 is 1.00 bits per heavy atom. The van der Waals surface area contributed by atoms with Crippen LogP contribution < -0.4 is 10.2 Å². The number of halogens is 1. The third kappa shape index (κ3) is 5.78. The van der Waals surface area contributed by atoms with Gasteiger partial charge in [0.25, 0.3) is 0 Å². The predicted molar refractivity (Wildman–Crippen MR) is 111 cm³/mol. The fraction of sp³-hybridized carbons (Fsp3) is 0.409. The van der Waals surface area contributed by atoms with E-state index in [4.69, 9.17) is 0 Å². The summed E-state index contributed by atoms with van der Waals surface area (Å²) in [5.74, 6) is -0.109. The molecule has 0 bridgehead atoms. The van der Waals surface area contributed by atoms with Crippen LogP contribution in [0, 0.1) is 5.82 Å². The van der Waals surface area contributed by atoms with Crippen molar-refractivity contribution in [1.29, 1.82) is 0 Å². The van der Waals surface area contributed by atoms with Crippen LogP contribution in [0.5, 0.6) is 0 Å². The maximum absolute atomic E-state index is 13.8. The molecular formula is C22H29FN4O. The Balaban J connectivity index is 1.38. The maximum Gasteiger partial charge on any atom is 0.234 e. The molecule has 3 rings (SSSR count). The van der Waals surface area contributed by atoms with Crippen molar-refractivity contribution in [2.24, 2.45) is 0 Å². The summed E-state index contributed by atoms with van der Waals surface area (Å²) in [5, 5.41) is 3.00. The Kier molecular flexibility index (Phi) is 7.01. The minimum atomic E-state index is -0.150. The first-order valence-electron chi connectivity index (χ1n) is 9.72. The molecule has 1 N–H and O–H groups in total. The molecule has 0 saturated carbocycles. The van der Waals surface area contributed by atoms with E-state index in [1.807, 2.05) is 43.3 Å². The summed E-state index contributed by atoms with van der Waals surface area (Å²) in [6, 6.07) is 15.1. The Bertz CT molecular complexity index is 770. The molecule has 0 radical (unpaired) electrons. The first kappa shape index (κ1) is 20.3. The highest BCUT2D eigenvalue weighted by atomic mass is 19.1. The van der Waals surface area contributed by atoms with E-state index in [1.165, 1.54) is 6.07 Å². The van der Waals surface area contributed by atoms with Crippen LogP contribution in [0.4, 0.5) is 10.1 Å². The number of carbonyl (C=O) groups is 1. The molecule has 2 aromatic rings. The van der Waals surface area contributed by atoms with Crippen molar-refractivity contribution in [3.8, 4) is 0 Å². The topological polar surface area (TPSA) is 38.8 Å². The van der Waals surface area contributed by atoms with Crippen LogP contribution in [0.25, 0.3) is 0 Å². The summed E-state index contributed by atoms with van der Waals surface area (Å²) in [6.45, 7) is 4.89. The number of anilines is 1. The molecule has 2 aromatic carbocycles. The second-order valence-corrected chi connectivity index (χ2v) is 7.48. The lowest BCUT2D eigenvalue weighted by molar-refractivity contribution is -0.122. The number of nitrogens with zero attached hydrogens (tertiary/aromatic N) is 3. The third-order valence-corrected chi connectivity index (χ3v) is 5.13. The van der Waals surface area contributed by atoms with Gasteiger partial charge < -0.3 is 10.2 Å². The summed E-state index contributed by atoms with van der Waals surface area (Å²) in [4.78, 5) is 18.7. The third-order valence-electron chi connectivity index (χ3n) is 5.13. The van der Waals surface area contributed by atoms with Crippen LogP contribution in [-0.2, 0) is 17.9 Å². The van der Waals surface area contributed by atoms with Crippen molar-refractivity contribution in [2.45, 2.75) is 13.1 Å². The standard InChI is InChI=1S/C22H29FN4O/c1-25(2)20-9-7-18(8-10-20)15-24-22(28)17-27-13-11-26(12-14-27)16-19-5-3-4-6-21(19)23/h3-10H,11-17H2,1-2H3,(H,24,28). The van der Waals surface area contributed by atoms with Crippen LogP contribution in [0.2, 0.25) is 0 Å². The van der Waals surface area contributed by atoms with E-state index in [1.54, 1.807) is 6.07 Å². The zero-order valence-corrected chi connectivity index (χ0v) is 16.7. The molecule has 150 valence electrons. The van der Waals surface area contributed by atoms with Crippen molar-refractivity contribution < 1.29 is 9.18 Å². The Morgan fingerprint density at radius 2 is 1.64 bits per heavy atom. The van der Waals surface area contributed by atoms with E-state index in [0.717, 1.165) is 43.0 Å². The van der Waals surface area contributed by atoms with Crippen LogP contribution >= 0.6 is 0 Å². The molecule has 0 atom stereocenters. The first-order valence-corrected chi connectivity index (χ1v) is 9.72. The number of benzene rings is 2. The molecule has 1 heterocycles. The number of amides is 1. The smallest absolute Gasteiger partial charge is 0.234 e. The van der Waals surface area contributed by atoms with Crippen molar-refractivity contribution >= 4 is 11.6 Å². The van der Waals surface area contributed by atoms with E-state index in [0.29, 0.717) is 19.6 Å². The second kappa shape index (κ2) is 9.66. The number of hydrogen-bond donors (Lipinski definition) is 1. The molecule has 6 heteroatoms. The van der Waals surface area contributed by atoms with E-state index in [2.05, 4.69) is 27.2 Å². The zero-order chi connectivity index (χ0) is 19.9. The molecule has 0 aliphatic carbocycles. The van der Waals surface area contributed by atoms with Gasteiger partial charge in [0.15, 0.2) is 0 Å². The molecule has 1 amide bonds. The van der Waals surface area contributed by atoms with E-state index < -0.39 is 0 Å². The lowest BCUT2D eigenvalue weighted by Gasteiger charge is -2.34. The van der Waals surface area contributed by atoms with Gasteiger partial charge in [-0.05, 0) is 23.8 Å². The zero-order valence-electron chi connectivity index (χ0n) is 16.7. The molecular weight excluding hydrogens is 355 g/mol. The summed E-state index contributed by atoms with van der Waals surface area (Å²) in [7, 11) is 4.01. The average molecular weight is 384 g/mol. The van der Waals surface area contributed by atoms with Crippen molar-refractivity contribution in [1.82, 2.24) is 15.1 Å². The maximum atomic E-state index is 13.8. The van der Waals surface area contributed by atoms with E-state index in [-0.39, 0.29) is 11.7 Å². The number of rotatable bonds is 7. The largest absolute Gasteiger partial charge is 0.378 e. The lowest BCUT2D eigenvalue weighted by atomic mass is 10.2. The number of carbonyl (C=O) groups excluding carboxylic acids is 1. The van der Waals surface area contributed by atoms with Gasteiger partial charge in [0.2, 0.25) is 5.91 Å². The normalized spacial score (nSPS) is 15.4. The molecule has 28 heavy (non-hydrogen) atoms. The monoisotopic (exact) mass is 384 g/mol. The van der Waals surface area contributed by atoms with Crippen molar-refractivity contribution in [3.63, 3.8) is 0 Å². The molecule has 1 fully saturated rings. The van der Waals surface area contributed by atoms with E-state index >= 15 is 0 Å². The molecule has 0 spiro atoms. The molecule has 1 aliphatic rings. The highest BCUT2D eigenvalue weighted by Crippen LogP contribution is 2.13. The van der Waals surface area contributed by atoms with Gasteiger partial charge in [0.05, 0.1) is 6.54 Å².